The Hall–Kier alpha value is -1.62. The van der Waals surface area contributed by atoms with Gasteiger partial charge >= 0.3 is 5.97 Å². The molecule has 0 bridgehead atoms. The molecule has 0 aromatic heterocycles. The predicted molar refractivity (Wildman–Crippen MR) is 58.4 cm³/mol. The molecule has 0 amide bonds. The summed E-state index contributed by atoms with van der Waals surface area (Å²) in [5.74, 6) is -0.489. The number of nitrogens with two attached hydrogens (primary N) is 1. The van der Waals surface area contributed by atoms with Crippen LogP contribution in [0.2, 0.25) is 5.02 Å². The van der Waals surface area contributed by atoms with Crippen molar-refractivity contribution in [1.82, 2.24) is 0 Å². The van der Waals surface area contributed by atoms with Crippen molar-refractivity contribution in [1.29, 1.82) is 0 Å². The van der Waals surface area contributed by atoms with Crippen LogP contribution in [0.1, 0.15) is 16.8 Å². The lowest BCUT2D eigenvalue weighted by atomic mass is 10.1. The number of carbonyl (C=O) groups is 1. The van der Waals surface area contributed by atoms with Crippen LogP contribution in [0.3, 0.4) is 0 Å². The maximum Gasteiger partial charge on any atom is 0.337 e. The molecule has 0 unspecified atom stereocenters. The first-order valence-corrected chi connectivity index (χ1v) is 5.10. The van der Waals surface area contributed by atoms with E-state index >= 15 is 0 Å². The molecule has 16 heavy (non-hydrogen) atoms. The highest BCUT2D eigenvalue weighted by Gasteiger charge is 2.22. The topological polar surface area (TPSA) is 81.8 Å². The van der Waals surface area contributed by atoms with Gasteiger partial charge in [-0.1, -0.05) is 11.6 Å². The number of halogens is 1. The third-order valence-corrected chi connectivity index (χ3v) is 2.65. The lowest BCUT2D eigenvalue weighted by Gasteiger charge is -2.12. The van der Waals surface area contributed by atoms with E-state index in [1.54, 1.807) is 0 Å². The molecule has 2 rings (SSSR count). The van der Waals surface area contributed by atoms with Crippen molar-refractivity contribution >= 4 is 23.3 Å². The Labute approximate surface area is 96.7 Å². The fourth-order valence-electron chi connectivity index (χ4n) is 1.46. The molecule has 1 aliphatic rings. The fourth-order valence-corrected chi connectivity index (χ4v) is 1.69. The first kappa shape index (κ1) is 10.9. The summed E-state index contributed by atoms with van der Waals surface area (Å²) in [7, 11) is 0. The van der Waals surface area contributed by atoms with Crippen LogP contribution in [-0.2, 0) is 0 Å². The summed E-state index contributed by atoms with van der Waals surface area (Å²) in [6.07, 6.45) is 0.716. The molecule has 1 aromatic carbocycles. The number of aromatic carboxylic acids is 1. The van der Waals surface area contributed by atoms with E-state index in [0.29, 0.717) is 31.1 Å². The Kier molecular flexibility index (Phi) is 2.78. The van der Waals surface area contributed by atoms with Crippen molar-refractivity contribution in [2.75, 3.05) is 18.9 Å². The molecule has 0 saturated heterocycles. The van der Waals surface area contributed by atoms with Gasteiger partial charge in [0.05, 0.1) is 29.5 Å². The Balaban J connectivity index is 2.59. The first-order chi connectivity index (χ1) is 7.61. The van der Waals surface area contributed by atoms with E-state index in [2.05, 4.69) is 0 Å². The van der Waals surface area contributed by atoms with Crippen molar-refractivity contribution in [2.45, 2.75) is 6.42 Å². The van der Waals surface area contributed by atoms with Gasteiger partial charge in [-0.25, -0.2) is 4.79 Å². The Morgan fingerprint density at radius 3 is 2.81 bits per heavy atom. The average Bonchev–Trinajstić information content (AvgIpc) is 2.48. The summed E-state index contributed by atoms with van der Waals surface area (Å²) < 4.78 is 10.7. The number of anilines is 1. The molecule has 1 aliphatic heterocycles. The van der Waals surface area contributed by atoms with Crippen molar-refractivity contribution < 1.29 is 19.4 Å². The number of carboxylic acid groups (broad SMARTS) is 1. The minimum atomic E-state index is -1.15. The number of fused-ring (bicyclic) bond motifs is 1. The quantitative estimate of drug-likeness (QED) is 0.735. The predicted octanol–water partition coefficient (Wildman–Crippen LogP) is 1.78. The molecule has 3 N–H and O–H groups in total. The van der Waals surface area contributed by atoms with Crippen molar-refractivity contribution in [3.63, 3.8) is 0 Å². The summed E-state index contributed by atoms with van der Waals surface area (Å²) in [6.45, 7) is 0.938. The number of benzene rings is 1. The third kappa shape index (κ3) is 1.74. The number of hydrogen-bond donors (Lipinski definition) is 2. The second-order valence-electron chi connectivity index (χ2n) is 3.33. The smallest absolute Gasteiger partial charge is 0.337 e. The molecule has 0 radical (unpaired) electrons. The van der Waals surface area contributed by atoms with E-state index in [4.69, 9.17) is 31.9 Å². The molecule has 0 fully saturated rings. The van der Waals surface area contributed by atoms with Crippen LogP contribution in [0.4, 0.5) is 5.69 Å². The molecule has 5 nitrogen and oxygen atoms in total. The SMILES string of the molecule is Nc1c(Cl)c(C(=O)O)cc2c1OCCCO2. The van der Waals surface area contributed by atoms with Gasteiger partial charge in [0, 0.05) is 12.5 Å². The van der Waals surface area contributed by atoms with Gasteiger partial charge in [0.15, 0.2) is 11.5 Å². The number of ether oxygens (including phenoxy) is 2. The summed E-state index contributed by atoms with van der Waals surface area (Å²) in [4.78, 5) is 10.9. The Morgan fingerprint density at radius 1 is 1.44 bits per heavy atom. The van der Waals surface area contributed by atoms with E-state index in [-0.39, 0.29) is 16.3 Å². The molecule has 1 aromatic rings. The van der Waals surface area contributed by atoms with E-state index < -0.39 is 5.97 Å². The van der Waals surface area contributed by atoms with E-state index in [1.807, 2.05) is 0 Å². The van der Waals surface area contributed by atoms with Crippen LogP contribution in [0.15, 0.2) is 6.07 Å². The Morgan fingerprint density at radius 2 is 2.12 bits per heavy atom. The van der Waals surface area contributed by atoms with Crippen LogP contribution < -0.4 is 15.2 Å². The van der Waals surface area contributed by atoms with Gasteiger partial charge in [-0.05, 0) is 0 Å². The van der Waals surface area contributed by atoms with Gasteiger partial charge in [-0.3, -0.25) is 0 Å². The summed E-state index contributed by atoms with van der Waals surface area (Å²) in [6, 6.07) is 1.34. The summed E-state index contributed by atoms with van der Waals surface area (Å²) in [5, 5.41) is 8.91. The highest BCUT2D eigenvalue weighted by Crippen LogP contribution is 2.42. The van der Waals surface area contributed by atoms with Crippen molar-refractivity contribution in [2.24, 2.45) is 0 Å². The van der Waals surface area contributed by atoms with Crippen molar-refractivity contribution in [3.05, 3.63) is 16.7 Å². The van der Waals surface area contributed by atoms with Gasteiger partial charge in [0.1, 0.15) is 0 Å². The van der Waals surface area contributed by atoms with Crippen LogP contribution in [0, 0.1) is 0 Å². The highest BCUT2D eigenvalue weighted by atomic mass is 35.5. The van der Waals surface area contributed by atoms with Gasteiger partial charge in [0.2, 0.25) is 0 Å². The van der Waals surface area contributed by atoms with E-state index in [1.165, 1.54) is 6.07 Å². The van der Waals surface area contributed by atoms with Gasteiger partial charge in [-0.2, -0.15) is 0 Å². The van der Waals surface area contributed by atoms with Crippen LogP contribution >= 0.6 is 11.6 Å². The number of rotatable bonds is 1. The average molecular weight is 244 g/mol. The standard InChI is InChI=1S/C10H10ClNO4/c11-7-5(10(13)14)4-6-9(8(7)12)16-3-1-2-15-6/h4H,1-3,12H2,(H,13,14). The minimum Gasteiger partial charge on any atom is -0.489 e. The number of carboxylic acids is 1. The second kappa shape index (κ2) is 4.09. The second-order valence-corrected chi connectivity index (χ2v) is 3.71. The molecule has 0 atom stereocenters. The third-order valence-electron chi connectivity index (χ3n) is 2.24. The number of hydrogen-bond acceptors (Lipinski definition) is 4. The van der Waals surface area contributed by atoms with Gasteiger partial charge in [0.25, 0.3) is 0 Å². The molecule has 6 heteroatoms. The minimum absolute atomic E-state index is 0.0169. The zero-order valence-corrected chi connectivity index (χ0v) is 9.08. The maximum absolute atomic E-state index is 10.9. The Bertz CT molecular complexity index is 447. The molecule has 1 heterocycles. The highest BCUT2D eigenvalue weighted by molar-refractivity contribution is 6.36. The molecular formula is C10H10ClNO4. The molecule has 0 aliphatic carbocycles. The zero-order chi connectivity index (χ0) is 11.7. The summed E-state index contributed by atoms with van der Waals surface area (Å²) in [5.41, 5.74) is 5.74. The zero-order valence-electron chi connectivity index (χ0n) is 8.33. The fraction of sp³-hybridized carbons (Fsp3) is 0.300. The molecule has 0 spiro atoms. The lowest BCUT2D eigenvalue weighted by Crippen LogP contribution is -2.04. The van der Waals surface area contributed by atoms with Crippen LogP contribution in [0.5, 0.6) is 11.5 Å². The van der Waals surface area contributed by atoms with E-state index in [9.17, 15) is 4.79 Å². The summed E-state index contributed by atoms with van der Waals surface area (Å²) >= 11 is 5.84. The van der Waals surface area contributed by atoms with Gasteiger partial charge in [-0.15, -0.1) is 0 Å². The molecular weight excluding hydrogens is 234 g/mol. The maximum atomic E-state index is 10.9. The monoisotopic (exact) mass is 243 g/mol. The largest absolute Gasteiger partial charge is 0.489 e. The lowest BCUT2D eigenvalue weighted by molar-refractivity contribution is 0.0696. The number of nitrogen functional groups attached to an aromatic ring is 1. The van der Waals surface area contributed by atoms with Gasteiger partial charge < -0.3 is 20.3 Å². The molecule has 86 valence electrons. The molecule has 0 saturated carbocycles. The first-order valence-electron chi connectivity index (χ1n) is 4.72. The van der Waals surface area contributed by atoms with Crippen LogP contribution in [-0.4, -0.2) is 24.3 Å². The van der Waals surface area contributed by atoms with Crippen molar-refractivity contribution in [3.8, 4) is 11.5 Å². The van der Waals surface area contributed by atoms with E-state index in [0.717, 1.165) is 0 Å². The normalized spacial score (nSPS) is 14.3. The van der Waals surface area contributed by atoms with Crippen LogP contribution in [0.25, 0.3) is 0 Å².